The molecule has 0 saturated carbocycles. The molecule has 0 spiro atoms. The Morgan fingerprint density at radius 3 is 3.10 bits per heavy atom. The van der Waals surface area contributed by atoms with E-state index in [1.54, 1.807) is 5.01 Å². The van der Waals surface area contributed by atoms with Crippen LogP contribution in [0.25, 0.3) is 0 Å². The van der Waals surface area contributed by atoms with E-state index in [1.165, 1.54) is 0 Å². The van der Waals surface area contributed by atoms with E-state index in [-0.39, 0.29) is 0 Å². The molecule has 0 radical (unpaired) electrons. The Balaban J connectivity index is 2.44. The SMILES string of the molecule is ClCCN1C=CCC(Cl)=N1. The molecule has 1 rings (SSSR count). The number of hydrogen-bond donors (Lipinski definition) is 0. The third-order valence-corrected chi connectivity index (χ3v) is 1.51. The first-order chi connectivity index (χ1) is 4.83. The molecule has 0 aromatic carbocycles. The summed E-state index contributed by atoms with van der Waals surface area (Å²) in [6, 6.07) is 0. The van der Waals surface area contributed by atoms with Crippen LogP contribution in [0, 0.1) is 0 Å². The lowest BCUT2D eigenvalue weighted by Gasteiger charge is -2.15. The van der Waals surface area contributed by atoms with E-state index < -0.39 is 0 Å². The van der Waals surface area contributed by atoms with Crippen LogP contribution in [-0.4, -0.2) is 22.6 Å². The van der Waals surface area contributed by atoms with E-state index >= 15 is 0 Å². The van der Waals surface area contributed by atoms with Crippen LogP contribution in [0.2, 0.25) is 0 Å². The normalized spacial score (nSPS) is 17.4. The van der Waals surface area contributed by atoms with Gasteiger partial charge in [-0.3, -0.25) is 5.01 Å². The van der Waals surface area contributed by atoms with Crippen molar-refractivity contribution in [3.05, 3.63) is 12.3 Å². The minimum atomic E-state index is 0.567. The van der Waals surface area contributed by atoms with Gasteiger partial charge in [0.1, 0.15) is 5.17 Å². The van der Waals surface area contributed by atoms with Crippen molar-refractivity contribution in [1.29, 1.82) is 0 Å². The highest BCUT2D eigenvalue weighted by Gasteiger charge is 2.02. The molecule has 10 heavy (non-hydrogen) atoms. The fourth-order valence-electron chi connectivity index (χ4n) is 0.696. The monoisotopic (exact) mass is 178 g/mol. The van der Waals surface area contributed by atoms with E-state index in [4.69, 9.17) is 23.2 Å². The lowest BCUT2D eigenvalue weighted by atomic mass is 10.4. The molecule has 0 aliphatic carbocycles. The third-order valence-electron chi connectivity index (χ3n) is 1.11. The highest BCUT2D eigenvalue weighted by atomic mass is 35.5. The summed E-state index contributed by atoms with van der Waals surface area (Å²) in [5.74, 6) is 0.567. The predicted octanol–water partition coefficient (Wildman–Crippen LogP) is 2.00. The minimum absolute atomic E-state index is 0.567. The molecule has 0 aromatic heterocycles. The van der Waals surface area contributed by atoms with Gasteiger partial charge in [0.15, 0.2) is 0 Å². The van der Waals surface area contributed by atoms with Crippen LogP contribution >= 0.6 is 23.2 Å². The smallest absolute Gasteiger partial charge is 0.130 e. The second kappa shape index (κ2) is 3.84. The summed E-state index contributed by atoms with van der Waals surface area (Å²) in [6.07, 6.45) is 4.58. The topological polar surface area (TPSA) is 15.6 Å². The average molecular weight is 179 g/mol. The summed E-state index contributed by atoms with van der Waals surface area (Å²) in [4.78, 5) is 0. The molecule has 1 aliphatic heterocycles. The summed E-state index contributed by atoms with van der Waals surface area (Å²) in [5.41, 5.74) is 0. The number of nitrogens with zero attached hydrogens (tertiary/aromatic N) is 2. The predicted molar refractivity (Wildman–Crippen MR) is 44.5 cm³/mol. The molecule has 4 heteroatoms. The Bertz CT molecular complexity index is 165. The van der Waals surface area contributed by atoms with Gasteiger partial charge < -0.3 is 0 Å². The number of hydrogen-bond acceptors (Lipinski definition) is 2. The number of alkyl halides is 1. The van der Waals surface area contributed by atoms with Crippen molar-refractivity contribution in [2.75, 3.05) is 12.4 Å². The summed E-state index contributed by atoms with van der Waals surface area (Å²) in [5, 5.41) is 6.37. The van der Waals surface area contributed by atoms with Crippen LogP contribution in [0.4, 0.5) is 0 Å². The van der Waals surface area contributed by atoms with Crippen molar-refractivity contribution in [3.8, 4) is 0 Å². The molecule has 1 heterocycles. The molecule has 0 N–H and O–H groups in total. The lowest BCUT2D eigenvalue weighted by Crippen LogP contribution is -2.16. The van der Waals surface area contributed by atoms with Crippen molar-refractivity contribution >= 4 is 28.4 Å². The quantitative estimate of drug-likeness (QED) is 0.592. The maximum Gasteiger partial charge on any atom is 0.130 e. The molecule has 0 saturated heterocycles. The van der Waals surface area contributed by atoms with Crippen LogP contribution in [-0.2, 0) is 0 Å². The van der Waals surface area contributed by atoms with Crippen LogP contribution in [0.1, 0.15) is 6.42 Å². The Labute approximate surface area is 70.1 Å². The first-order valence-corrected chi connectivity index (χ1v) is 3.96. The molecule has 0 bridgehead atoms. The highest BCUT2D eigenvalue weighted by molar-refractivity contribution is 6.65. The van der Waals surface area contributed by atoms with Crippen LogP contribution in [0.3, 0.4) is 0 Å². The standard InChI is InChI=1S/C6H8Cl2N2/c7-3-5-10-4-1-2-6(8)9-10/h1,4H,2-3,5H2. The molecule has 56 valence electrons. The van der Waals surface area contributed by atoms with E-state index in [9.17, 15) is 0 Å². The van der Waals surface area contributed by atoms with Gasteiger partial charge in [-0.05, 0) is 0 Å². The van der Waals surface area contributed by atoms with Gasteiger partial charge in [-0.1, -0.05) is 17.7 Å². The van der Waals surface area contributed by atoms with Gasteiger partial charge in [-0.2, -0.15) is 5.10 Å². The average Bonchev–Trinajstić information content (AvgIpc) is 1.88. The Hall–Kier alpha value is -0.210. The zero-order valence-corrected chi connectivity index (χ0v) is 6.94. The lowest BCUT2D eigenvalue weighted by molar-refractivity contribution is 0.419. The molecule has 0 fully saturated rings. The molecule has 2 nitrogen and oxygen atoms in total. The van der Waals surface area contributed by atoms with Crippen molar-refractivity contribution in [2.24, 2.45) is 5.10 Å². The van der Waals surface area contributed by atoms with E-state index in [0.29, 0.717) is 17.6 Å². The summed E-state index contributed by atoms with van der Waals surface area (Å²) in [6.45, 7) is 0.717. The van der Waals surface area contributed by atoms with Crippen molar-refractivity contribution in [1.82, 2.24) is 5.01 Å². The third kappa shape index (κ3) is 2.20. The van der Waals surface area contributed by atoms with E-state index in [2.05, 4.69) is 5.10 Å². The maximum absolute atomic E-state index is 5.66. The number of hydrazone groups is 1. The maximum atomic E-state index is 5.66. The van der Waals surface area contributed by atoms with Gasteiger partial charge in [0.05, 0.1) is 6.54 Å². The summed E-state index contributed by atoms with van der Waals surface area (Å²) < 4.78 is 0. The van der Waals surface area contributed by atoms with E-state index in [0.717, 1.165) is 6.42 Å². The fraction of sp³-hybridized carbons (Fsp3) is 0.500. The van der Waals surface area contributed by atoms with Gasteiger partial charge in [-0.15, -0.1) is 11.6 Å². The first-order valence-electron chi connectivity index (χ1n) is 3.05. The van der Waals surface area contributed by atoms with Crippen molar-refractivity contribution < 1.29 is 0 Å². The molecular formula is C6H8Cl2N2. The molecule has 0 amide bonds. The van der Waals surface area contributed by atoms with Crippen LogP contribution < -0.4 is 0 Å². The Morgan fingerprint density at radius 1 is 1.70 bits per heavy atom. The zero-order chi connectivity index (χ0) is 7.40. The second-order valence-corrected chi connectivity index (χ2v) is 2.73. The minimum Gasteiger partial charge on any atom is -0.271 e. The van der Waals surface area contributed by atoms with Gasteiger partial charge in [-0.25, -0.2) is 0 Å². The highest BCUT2D eigenvalue weighted by Crippen LogP contribution is 2.06. The Morgan fingerprint density at radius 2 is 2.50 bits per heavy atom. The number of allylic oxidation sites excluding steroid dienone is 1. The summed E-state index contributed by atoms with van der Waals surface area (Å²) in [7, 11) is 0. The largest absolute Gasteiger partial charge is 0.271 e. The number of halogens is 2. The second-order valence-electron chi connectivity index (χ2n) is 1.92. The van der Waals surface area contributed by atoms with Gasteiger partial charge >= 0.3 is 0 Å². The summed E-state index contributed by atoms with van der Waals surface area (Å²) >= 11 is 11.2. The first kappa shape index (κ1) is 7.89. The van der Waals surface area contributed by atoms with Gasteiger partial charge in [0.25, 0.3) is 0 Å². The van der Waals surface area contributed by atoms with E-state index in [1.807, 2.05) is 12.3 Å². The molecule has 1 aliphatic rings. The molecule has 0 aromatic rings. The van der Waals surface area contributed by atoms with Crippen LogP contribution in [0.15, 0.2) is 17.4 Å². The molecule has 0 atom stereocenters. The Kier molecular flexibility index (Phi) is 3.03. The van der Waals surface area contributed by atoms with Crippen molar-refractivity contribution in [3.63, 3.8) is 0 Å². The van der Waals surface area contributed by atoms with Crippen LogP contribution in [0.5, 0.6) is 0 Å². The van der Waals surface area contributed by atoms with Crippen molar-refractivity contribution in [2.45, 2.75) is 6.42 Å². The van der Waals surface area contributed by atoms with Gasteiger partial charge in [0.2, 0.25) is 0 Å². The fourth-order valence-corrected chi connectivity index (χ4v) is 1.06. The molecular weight excluding hydrogens is 171 g/mol. The van der Waals surface area contributed by atoms with Gasteiger partial charge in [0, 0.05) is 18.5 Å². The molecule has 0 unspecified atom stereocenters. The number of rotatable bonds is 2. The zero-order valence-electron chi connectivity index (χ0n) is 5.43.